The Labute approximate surface area is 204 Å². The van der Waals surface area contributed by atoms with Crippen LogP contribution in [-0.4, -0.2) is 9.97 Å². The van der Waals surface area contributed by atoms with Crippen molar-refractivity contribution in [1.29, 1.82) is 0 Å². The third-order valence-electron chi connectivity index (χ3n) is 5.69. The Balaban J connectivity index is 0.000000771. The Morgan fingerprint density at radius 2 is 0.765 bits per heavy atom. The van der Waals surface area contributed by atoms with Crippen LogP contribution < -0.4 is 0 Å². The highest BCUT2D eigenvalue weighted by Crippen LogP contribution is 2.35. The van der Waals surface area contributed by atoms with Crippen molar-refractivity contribution in [2.45, 2.75) is 55.4 Å². The molecule has 0 aliphatic rings. The molecule has 0 bridgehead atoms. The smallest absolute Gasteiger partial charge is 0.0970 e. The summed E-state index contributed by atoms with van der Waals surface area (Å²) in [4.78, 5) is 9.50. The van der Waals surface area contributed by atoms with Gasteiger partial charge in [-0.05, 0) is 62.1 Å². The molecule has 0 atom stereocenters. The fourth-order valence-electron chi connectivity index (χ4n) is 4.59. The first-order chi connectivity index (χ1) is 16.5. The van der Waals surface area contributed by atoms with E-state index in [0.29, 0.717) is 0 Å². The summed E-state index contributed by atoms with van der Waals surface area (Å²) < 4.78 is 0. The first kappa shape index (κ1) is 25.1. The summed E-state index contributed by atoms with van der Waals surface area (Å²) in [7, 11) is 0. The first-order valence-electron chi connectivity index (χ1n) is 12.3. The van der Waals surface area contributed by atoms with Gasteiger partial charge in [-0.15, -0.1) is 0 Å². The molecular weight excluding hydrogens is 412 g/mol. The quantitative estimate of drug-likeness (QED) is 0.251. The van der Waals surface area contributed by atoms with Gasteiger partial charge in [0, 0.05) is 23.2 Å². The van der Waals surface area contributed by atoms with Crippen LogP contribution >= 0.6 is 0 Å². The van der Waals surface area contributed by atoms with Gasteiger partial charge in [-0.3, -0.25) is 9.97 Å². The third kappa shape index (κ3) is 5.02. The molecule has 0 spiro atoms. The molecule has 3 aromatic carbocycles. The molecule has 0 aliphatic carbocycles. The zero-order valence-electron chi connectivity index (χ0n) is 21.8. The van der Waals surface area contributed by atoms with E-state index in [1.807, 2.05) is 40.1 Å². The second-order valence-corrected chi connectivity index (χ2v) is 8.33. The van der Waals surface area contributed by atoms with Crippen molar-refractivity contribution in [1.82, 2.24) is 9.97 Å². The monoisotopic (exact) mass is 448 g/mol. The highest BCUT2D eigenvalue weighted by molar-refractivity contribution is 6.11. The lowest BCUT2D eigenvalue weighted by atomic mass is 9.94. The highest BCUT2D eigenvalue weighted by atomic mass is 14.7. The number of nitrogens with zero attached hydrogens (tertiary/aromatic N) is 2. The van der Waals surface area contributed by atoms with Crippen molar-refractivity contribution in [3.05, 3.63) is 95.3 Å². The molecule has 2 heterocycles. The van der Waals surface area contributed by atoms with Crippen molar-refractivity contribution in [3.8, 4) is 22.3 Å². The van der Waals surface area contributed by atoms with Gasteiger partial charge in [-0.1, -0.05) is 98.5 Å². The summed E-state index contributed by atoms with van der Waals surface area (Å²) in [5.74, 6) is 0. The predicted molar refractivity (Wildman–Crippen MR) is 150 cm³/mol. The number of aryl methyl sites for hydroxylation is 4. The van der Waals surface area contributed by atoms with Gasteiger partial charge in [-0.2, -0.15) is 0 Å². The van der Waals surface area contributed by atoms with Gasteiger partial charge in [0.2, 0.25) is 0 Å². The van der Waals surface area contributed by atoms with Crippen molar-refractivity contribution in [2.24, 2.45) is 0 Å². The molecule has 0 saturated heterocycles. The highest BCUT2D eigenvalue weighted by Gasteiger charge is 2.12. The van der Waals surface area contributed by atoms with E-state index in [1.165, 1.54) is 44.5 Å². The van der Waals surface area contributed by atoms with Crippen LogP contribution in [0.1, 0.15) is 49.9 Å². The maximum absolute atomic E-state index is 4.75. The lowest BCUT2D eigenvalue weighted by Crippen LogP contribution is -1.91. The lowest BCUT2D eigenvalue weighted by Gasteiger charge is -2.12. The van der Waals surface area contributed by atoms with Crippen LogP contribution in [0.15, 0.2) is 73.1 Å². The fourth-order valence-corrected chi connectivity index (χ4v) is 4.59. The summed E-state index contributed by atoms with van der Waals surface area (Å²) in [5.41, 5.74) is 11.8. The molecular formula is C32H36N2. The first-order valence-corrected chi connectivity index (χ1v) is 12.3. The van der Waals surface area contributed by atoms with Crippen LogP contribution in [0.2, 0.25) is 0 Å². The van der Waals surface area contributed by atoms with Crippen molar-refractivity contribution < 1.29 is 0 Å². The molecule has 5 aromatic rings. The minimum absolute atomic E-state index is 0.954. The molecule has 2 aromatic heterocycles. The standard InChI is InChI=1S/C28H24N2.2C2H6/c1-17-11-18(2)14-21(13-17)23-7-9-29-27-25(23)5-6-26-24(8-10-30-28(26)27)22-15-19(3)12-20(4)16-22;2*1-2/h5-16H,1-4H3;2*1-2H3. The average molecular weight is 449 g/mol. The third-order valence-corrected chi connectivity index (χ3v) is 5.69. The zero-order chi connectivity index (χ0) is 24.8. The summed E-state index contributed by atoms with van der Waals surface area (Å²) in [5, 5.41) is 2.28. The average Bonchev–Trinajstić information content (AvgIpc) is 2.84. The van der Waals surface area contributed by atoms with E-state index in [2.05, 4.69) is 88.4 Å². The second-order valence-electron chi connectivity index (χ2n) is 8.33. The summed E-state index contributed by atoms with van der Waals surface area (Å²) in [6.45, 7) is 16.6. The molecule has 34 heavy (non-hydrogen) atoms. The zero-order valence-corrected chi connectivity index (χ0v) is 21.8. The molecule has 2 nitrogen and oxygen atoms in total. The number of fused-ring (bicyclic) bond motifs is 3. The van der Waals surface area contributed by atoms with Crippen LogP contribution in [0.4, 0.5) is 0 Å². The fraction of sp³-hybridized carbons (Fsp3) is 0.250. The Morgan fingerprint density at radius 3 is 1.09 bits per heavy atom. The van der Waals surface area contributed by atoms with Gasteiger partial charge in [0.05, 0.1) is 11.0 Å². The Hall–Kier alpha value is -3.52. The van der Waals surface area contributed by atoms with Gasteiger partial charge < -0.3 is 0 Å². The molecule has 2 heteroatoms. The maximum Gasteiger partial charge on any atom is 0.0970 e. The van der Waals surface area contributed by atoms with Gasteiger partial charge >= 0.3 is 0 Å². The SMILES string of the molecule is CC.CC.Cc1cc(C)cc(-c2ccnc3c2ccc2c(-c4cc(C)cc(C)c4)ccnc23)c1. The maximum atomic E-state index is 4.75. The van der Waals surface area contributed by atoms with Crippen molar-refractivity contribution >= 4 is 21.8 Å². The molecule has 0 fully saturated rings. The van der Waals surface area contributed by atoms with Gasteiger partial charge in [0.1, 0.15) is 0 Å². The molecule has 0 radical (unpaired) electrons. The Kier molecular flexibility index (Phi) is 8.17. The molecule has 0 saturated carbocycles. The van der Waals surface area contributed by atoms with Crippen LogP contribution in [0.5, 0.6) is 0 Å². The van der Waals surface area contributed by atoms with Gasteiger partial charge in [-0.25, -0.2) is 0 Å². The van der Waals surface area contributed by atoms with E-state index in [1.54, 1.807) is 0 Å². The topological polar surface area (TPSA) is 25.8 Å². The number of rotatable bonds is 2. The number of pyridine rings is 2. The summed E-state index contributed by atoms with van der Waals surface area (Å²) in [6.07, 6.45) is 3.81. The van der Waals surface area contributed by atoms with E-state index < -0.39 is 0 Å². The Morgan fingerprint density at radius 1 is 0.441 bits per heavy atom. The Bertz CT molecular complexity index is 1280. The van der Waals surface area contributed by atoms with E-state index in [0.717, 1.165) is 21.8 Å². The van der Waals surface area contributed by atoms with Crippen LogP contribution in [0.25, 0.3) is 44.1 Å². The van der Waals surface area contributed by atoms with E-state index in [4.69, 9.17) is 9.97 Å². The molecule has 174 valence electrons. The predicted octanol–water partition coefficient (Wildman–Crippen LogP) is 9.40. The van der Waals surface area contributed by atoms with E-state index in [-0.39, 0.29) is 0 Å². The molecule has 0 aliphatic heterocycles. The van der Waals surface area contributed by atoms with Gasteiger partial charge in [0.25, 0.3) is 0 Å². The van der Waals surface area contributed by atoms with E-state index >= 15 is 0 Å². The van der Waals surface area contributed by atoms with E-state index in [9.17, 15) is 0 Å². The van der Waals surface area contributed by atoms with Gasteiger partial charge in [0.15, 0.2) is 0 Å². The minimum atomic E-state index is 0.954. The molecule has 0 amide bonds. The minimum Gasteiger partial charge on any atom is -0.254 e. The summed E-state index contributed by atoms with van der Waals surface area (Å²) >= 11 is 0. The lowest BCUT2D eigenvalue weighted by molar-refractivity contribution is 1.36. The summed E-state index contributed by atoms with van der Waals surface area (Å²) in [6, 6.07) is 22.0. The van der Waals surface area contributed by atoms with Crippen LogP contribution in [0.3, 0.4) is 0 Å². The van der Waals surface area contributed by atoms with Crippen molar-refractivity contribution in [2.75, 3.05) is 0 Å². The normalized spacial score (nSPS) is 10.4. The molecule has 5 rings (SSSR count). The molecule has 0 N–H and O–H groups in total. The number of hydrogen-bond donors (Lipinski definition) is 0. The number of hydrogen-bond acceptors (Lipinski definition) is 2. The van der Waals surface area contributed by atoms with Crippen LogP contribution in [0, 0.1) is 27.7 Å². The number of benzene rings is 3. The number of aromatic nitrogens is 2. The van der Waals surface area contributed by atoms with Crippen LogP contribution in [-0.2, 0) is 0 Å². The largest absolute Gasteiger partial charge is 0.254 e. The van der Waals surface area contributed by atoms with Crippen molar-refractivity contribution in [3.63, 3.8) is 0 Å². The molecule has 0 unspecified atom stereocenters. The second kappa shape index (κ2) is 11.1.